The van der Waals surface area contributed by atoms with Crippen LogP contribution in [0.5, 0.6) is 0 Å². The summed E-state index contributed by atoms with van der Waals surface area (Å²) in [5.74, 6) is 4.73. The van der Waals surface area contributed by atoms with Gasteiger partial charge in [0.25, 0.3) is 0 Å². The third-order valence-corrected chi connectivity index (χ3v) is 20.5. The first-order chi connectivity index (χ1) is 57.0. The highest BCUT2D eigenvalue weighted by molar-refractivity contribution is 6.14. The number of nitriles is 1. The number of benzene rings is 14. The molecule has 6 aromatic heterocycles. The Labute approximate surface area is 661 Å². The maximum absolute atomic E-state index is 18.2. The second-order valence-corrected chi connectivity index (χ2v) is 27.8. The Hall–Kier alpha value is -16.0. The van der Waals surface area contributed by atoms with Crippen LogP contribution in [-0.2, 0) is 6.18 Å². The molecule has 0 saturated heterocycles. The van der Waals surface area contributed by atoms with Crippen LogP contribution in [0, 0.1) is 11.3 Å². The first kappa shape index (κ1) is 69.2. The molecule has 14 aromatic carbocycles. The monoisotopic (exact) mass is 1500 g/mol. The molecule has 0 bridgehead atoms. The third-order valence-electron chi connectivity index (χ3n) is 20.5. The summed E-state index contributed by atoms with van der Waals surface area (Å²) < 4.78 is 57.8. The minimum absolute atomic E-state index is 0.217. The fourth-order valence-corrected chi connectivity index (χ4v) is 15.1. The van der Waals surface area contributed by atoms with E-state index in [9.17, 15) is 5.26 Å². The second-order valence-electron chi connectivity index (χ2n) is 27.8. The first-order valence-corrected chi connectivity index (χ1v) is 37.5. The molecule has 0 unspecified atom stereocenters. The van der Waals surface area contributed by atoms with E-state index in [1.807, 2.05) is 315 Å². The molecule has 0 N–H and O–H groups in total. The second kappa shape index (κ2) is 29.0. The molecule has 20 rings (SSSR count). The van der Waals surface area contributed by atoms with Crippen molar-refractivity contribution < 1.29 is 13.2 Å². The van der Waals surface area contributed by atoms with Gasteiger partial charge in [0.05, 0.1) is 45.1 Å². The van der Waals surface area contributed by atoms with E-state index in [2.05, 4.69) is 6.07 Å². The number of alkyl halides is 3. The number of hydrogen-bond donors (Lipinski definition) is 0. The zero-order valence-corrected chi connectivity index (χ0v) is 61.3. The summed E-state index contributed by atoms with van der Waals surface area (Å²) in [6, 6.07) is 112. The Bertz CT molecular complexity index is 6240. The maximum atomic E-state index is 18.2. The van der Waals surface area contributed by atoms with Gasteiger partial charge in [-0.15, -0.1) is 0 Å². The van der Waals surface area contributed by atoms with E-state index in [0.717, 1.165) is 44.5 Å². The highest BCUT2D eigenvalue weighted by atomic mass is 19.4. The van der Waals surface area contributed by atoms with Gasteiger partial charge in [0, 0.05) is 88.3 Å². The lowest BCUT2D eigenvalue weighted by atomic mass is 9.98. The summed E-state index contributed by atoms with van der Waals surface area (Å²) >= 11 is 0. The highest BCUT2D eigenvalue weighted by Gasteiger charge is 2.40. The zero-order valence-electron chi connectivity index (χ0n) is 61.3. The molecule has 20 aromatic rings. The molecule has 0 spiro atoms. The Morgan fingerprint density at radius 1 is 0.207 bits per heavy atom. The van der Waals surface area contributed by atoms with Gasteiger partial charge in [-0.3, -0.25) is 0 Å². The zero-order chi connectivity index (χ0) is 77.8. The van der Waals surface area contributed by atoms with Gasteiger partial charge in [-0.05, 0) is 108 Å². The van der Waals surface area contributed by atoms with E-state index in [0.29, 0.717) is 152 Å². The molecular formula is C98H58F3N15. The van der Waals surface area contributed by atoms with Crippen molar-refractivity contribution in [3.63, 3.8) is 0 Å². The molecule has 0 atom stereocenters. The average Bonchev–Trinajstić information content (AvgIpc) is 1.55. The normalized spacial score (nSPS) is 11.6. The van der Waals surface area contributed by atoms with Crippen molar-refractivity contribution in [1.29, 1.82) is 5.26 Å². The summed E-state index contributed by atoms with van der Waals surface area (Å²) in [6.07, 6.45) is -5.11. The lowest BCUT2D eigenvalue weighted by Crippen LogP contribution is -2.16. The molecule has 18 heteroatoms. The van der Waals surface area contributed by atoms with Crippen molar-refractivity contribution in [3.05, 3.63) is 363 Å². The van der Waals surface area contributed by atoms with Crippen LogP contribution >= 0.6 is 0 Å². The van der Waals surface area contributed by atoms with Crippen LogP contribution in [0.1, 0.15) is 11.1 Å². The van der Waals surface area contributed by atoms with Gasteiger partial charge >= 0.3 is 6.18 Å². The van der Waals surface area contributed by atoms with Gasteiger partial charge in [-0.25, -0.2) is 59.8 Å². The number of rotatable bonds is 15. The van der Waals surface area contributed by atoms with E-state index in [1.165, 1.54) is 0 Å². The van der Waals surface area contributed by atoms with Crippen molar-refractivity contribution in [3.8, 4) is 165 Å². The van der Waals surface area contributed by atoms with Crippen LogP contribution in [0.15, 0.2) is 352 Å². The third kappa shape index (κ3) is 13.0. The molecule has 0 saturated carbocycles. The number of nitrogens with zero attached hydrogens (tertiary/aromatic N) is 15. The maximum Gasteiger partial charge on any atom is 0.420 e. The quantitative estimate of drug-likeness (QED) is 0.0944. The van der Waals surface area contributed by atoms with Gasteiger partial charge in [0.15, 0.2) is 69.9 Å². The van der Waals surface area contributed by atoms with Crippen LogP contribution in [0.3, 0.4) is 0 Å². The van der Waals surface area contributed by atoms with Gasteiger partial charge in [-0.1, -0.05) is 255 Å². The SMILES string of the molecule is N#Cc1cccc(-c2cc(-n3c4ccc(-c5nc(-c6ccccc6)nc(-c6ccccc6)n5)cc4c4cc(-c5nc(-c6ccccc6)nc(-c6ccccc6)n5)ccc43)c(C(F)(F)F)c(-n3c4ccc(-c5nc(-c6ccccc6)nc(-c6ccccc6)n5)cc4c4cc(-c5nc(-c6ccccc6)nc(-c6ccccc6)n5)ccc43)c2)c1. The van der Waals surface area contributed by atoms with Crippen LogP contribution in [0.25, 0.3) is 203 Å². The number of halogens is 3. The van der Waals surface area contributed by atoms with Gasteiger partial charge < -0.3 is 9.13 Å². The summed E-state index contributed by atoms with van der Waals surface area (Å²) in [4.78, 5) is 61.2. The van der Waals surface area contributed by atoms with Crippen molar-refractivity contribution in [2.24, 2.45) is 0 Å². The molecule has 0 aliphatic heterocycles. The first-order valence-electron chi connectivity index (χ1n) is 37.5. The number of fused-ring (bicyclic) bond motifs is 6. The molecule has 0 radical (unpaired) electrons. The standard InChI is InChI=1S/C98H58F3N15/c99-98(100,101)85-83(115-79-48-44-70(94-107-86(61-27-9-1-10-28-61)103-87(108-94)62-29-11-2-12-30-62)53-75(79)76-54-71(45-49-80(76)115)95-109-88(63-31-13-3-14-32-63)104-89(110-95)64-33-15-4-16-34-64)57-74(69-43-25-26-60(52-69)59-102)58-84(85)116-81-50-46-72(96-111-90(65-35-17-5-18-36-65)105-91(112-96)66-37-19-6-20-38-66)55-77(81)78-56-73(47-51-82(78)116)97-113-92(67-39-21-7-22-40-67)106-93(114-97)68-41-23-8-24-42-68/h1-58H. The topological polar surface area (TPSA) is 188 Å². The molecular weight excluding hydrogens is 1440 g/mol. The van der Waals surface area contributed by atoms with Gasteiger partial charge in [0.2, 0.25) is 0 Å². The lowest BCUT2D eigenvalue weighted by Gasteiger charge is -2.23. The van der Waals surface area contributed by atoms with Crippen molar-refractivity contribution in [2.45, 2.75) is 6.18 Å². The van der Waals surface area contributed by atoms with Crippen molar-refractivity contribution in [2.75, 3.05) is 0 Å². The molecule has 546 valence electrons. The minimum atomic E-state index is -5.11. The molecule has 15 nitrogen and oxygen atoms in total. The number of hydrogen-bond acceptors (Lipinski definition) is 13. The largest absolute Gasteiger partial charge is 0.420 e. The summed E-state index contributed by atoms with van der Waals surface area (Å²) in [7, 11) is 0. The molecule has 0 amide bonds. The van der Waals surface area contributed by atoms with E-state index < -0.39 is 11.7 Å². The minimum Gasteiger partial charge on any atom is -0.309 e. The van der Waals surface area contributed by atoms with Gasteiger partial charge in [-0.2, -0.15) is 18.4 Å². The Balaban J connectivity index is 0.871. The smallest absolute Gasteiger partial charge is 0.309 e. The van der Waals surface area contributed by atoms with E-state index in [-0.39, 0.29) is 11.4 Å². The predicted octanol–water partition coefficient (Wildman–Crippen LogP) is 23.2. The van der Waals surface area contributed by atoms with Crippen LogP contribution in [0.2, 0.25) is 0 Å². The summed E-state index contributed by atoms with van der Waals surface area (Å²) in [5, 5.41) is 12.8. The predicted molar refractivity (Wildman–Crippen MR) is 449 cm³/mol. The van der Waals surface area contributed by atoms with E-state index in [4.69, 9.17) is 59.8 Å². The van der Waals surface area contributed by atoms with Crippen LogP contribution in [0.4, 0.5) is 13.2 Å². The van der Waals surface area contributed by atoms with Crippen molar-refractivity contribution >= 4 is 43.6 Å². The molecule has 0 aliphatic carbocycles. The fraction of sp³-hybridized carbons (Fsp3) is 0.0102. The lowest BCUT2D eigenvalue weighted by molar-refractivity contribution is -0.137. The fourth-order valence-electron chi connectivity index (χ4n) is 15.1. The van der Waals surface area contributed by atoms with E-state index in [1.54, 1.807) is 45.5 Å². The molecule has 116 heavy (non-hydrogen) atoms. The van der Waals surface area contributed by atoms with Crippen LogP contribution < -0.4 is 0 Å². The number of aromatic nitrogens is 14. The van der Waals surface area contributed by atoms with E-state index >= 15 is 13.2 Å². The average molecular weight is 1500 g/mol. The summed E-state index contributed by atoms with van der Waals surface area (Å²) in [6.45, 7) is 0. The van der Waals surface area contributed by atoms with Gasteiger partial charge in [0.1, 0.15) is 5.56 Å². The Morgan fingerprint density at radius 2 is 0.414 bits per heavy atom. The highest BCUT2D eigenvalue weighted by Crippen LogP contribution is 2.48. The molecule has 0 aliphatic rings. The van der Waals surface area contributed by atoms with Crippen molar-refractivity contribution in [1.82, 2.24) is 68.9 Å². The Morgan fingerprint density at radius 3 is 0.621 bits per heavy atom. The summed E-state index contributed by atoms with van der Waals surface area (Å²) in [5.41, 5.74) is 9.72. The molecule has 0 fully saturated rings. The molecule has 6 heterocycles. The van der Waals surface area contributed by atoms with Crippen LogP contribution in [-0.4, -0.2) is 68.9 Å². The Kier molecular flexibility index (Phi) is 17.3.